The maximum absolute atomic E-state index is 5.34. The maximum atomic E-state index is 5.34. The molecule has 4 N–H and O–H groups in total. The summed E-state index contributed by atoms with van der Waals surface area (Å²) in [5.41, 5.74) is 5.34. The molecule has 0 saturated heterocycles. The first-order chi connectivity index (χ1) is 6.29. The summed E-state index contributed by atoms with van der Waals surface area (Å²) >= 11 is 0. The molecule has 0 saturated carbocycles. The zero-order valence-corrected chi connectivity index (χ0v) is 7.07. The van der Waals surface area contributed by atoms with Crippen LogP contribution in [0.15, 0.2) is 0 Å². The topological polar surface area (TPSA) is 109 Å². The Labute approximate surface area is 73.8 Å². The van der Waals surface area contributed by atoms with Crippen LogP contribution in [-0.4, -0.2) is 30.4 Å². The lowest BCUT2D eigenvalue weighted by Crippen LogP contribution is -1.86. The normalized spacial score (nSPS) is 10.5. The van der Waals surface area contributed by atoms with E-state index in [1.165, 1.54) is 0 Å². The number of nitrogens with two attached hydrogens (primary N) is 1. The molecule has 0 atom stereocenters. The molecule has 0 unspecified atom stereocenters. The summed E-state index contributed by atoms with van der Waals surface area (Å²) in [4.78, 5) is 8.05. The van der Waals surface area contributed by atoms with Crippen molar-refractivity contribution in [1.82, 2.24) is 30.4 Å². The maximum Gasteiger partial charge on any atom is 0.239 e. The van der Waals surface area contributed by atoms with Gasteiger partial charge >= 0.3 is 0 Å². The second-order valence-electron chi connectivity index (χ2n) is 2.50. The standard InChI is InChI=1S/C6H9N7/c1-2-3-8-4(11-10-3)5-9-6(7)13-12-5/h2H2,1H3,(H,8,10,11)(H3,7,9,12,13). The van der Waals surface area contributed by atoms with Gasteiger partial charge in [0.05, 0.1) is 0 Å². The van der Waals surface area contributed by atoms with Crippen molar-refractivity contribution in [3.05, 3.63) is 5.82 Å². The summed E-state index contributed by atoms with van der Waals surface area (Å²) in [6.07, 6.45) is 0.802. The number of hydrogen-bond donors (Lipinski definition) is 3. The number of aromatic amines is 2. The van der Waals surface area contributed by atoms with E-state index < -0.39 is 0 Å². The van der Waals surface area contributed by atoms with E-state index in [2.05, 4.69) is 30.4 Å². The molecule has 68 valence electrons. The number of aromatic nitrogens is 6. The average molecular weight is 179 g/mol. The van der Waals surface area contributed by atoms with Crippen molar-refractivity contribution >= 4 is 5.95 Å². The van der Waals surface area contributed by atoms with E-state index in [9.17, 15) is 0 Å². The summed E-state index contributed by atoms with van der Waals surface area (Å²) in [5.74, 6) is 1.97. The zero-order valence-electron chi connectivity index (χ0n) is 7.07. The number of H-pyrrole nitrogens is 2. The fraction of sp³-hybridized carbons (Fsp3) is 0.333. The lowest BCUT2D eigenvalue weighted by Gasteiger charge is -1.82. The van der Waals surface area contributed by atoms with Crippen molar-refractivity contribution in [2.24, 2.45) is 0 Å². The second kappa shape index (κ2) is 2.85. The Bertz CT molecular complexity index is 401. The number of nitrogens with zero attached hydrogens (tertiary/aromatic N) is 4. The highest BCUT2D eigenvalue weighted by atomic mass is 15.3. The minimum absolute atomic E-state index is 0.192. The van der Waals surface area contributed by atoms with Gasteiger partial charge in [-0.1, -0.05) is 6.92 Å². The summed E-state index contributed by atoms with van der Waals surface area (Å²) in [6, 6.07) is 0. The van der Waals surface area contributed by atoms with Crippen molar-refractivity contribution in [1.29, 1.82) is 0 Å². The molecule has 0 amide bonds. The van der Waals surface area contributed by atoms with Crippen LogP contribution in [0.25, 0.3) is 11.6 Å². The molecule has 0 spiro atoms. The van der Waals surface area contributed by atoms with Gasteiger partial charge in [-0.05, 0) is 0 Å². The molecule has 2 aromatic rings. The molecule has 0 fully saturated rings. The van der Waals surface area contributed by atoms with E-state index in [0.29, 0.717) is 11.6 Å². The van der Waals surface area contributed by atoms with Crippen LogP contribution >= 0.6 is 0 Å². The van der Waals surface area contributed by atoms with Gasteiger partial charge in [-0.15, -0.1) is 10.2 Å². The van der Waals surface area contributed by atoms with Gasteiger partial charge in [0.2, 0.25) is 11.8 Å². The van der Waals surface area contributed by atoms with Gasteiger partial charge in [0.1, 0.15) is 5.82 Å². The Balaban J connectivity index is 2.35. The van der Waals surface area contributed by atoms with Gasteiger partial charge in [0, 0.05) is 6.42 Å². The van der Waals surface area contributed by atoms with Gasteiger partial charge in [-0.25, -0.2) is 4.98 Å². The van der Waals surface area contributed by atoms with Crippen molar-refractivity contribution < 1.29 is 0 Å². The highest BCUT2D eigenvalue weighted by Crippen LogP contribution is 2.08. The lowest BCUT2D eigenvalue weighted by molar-refractivity contribution is 0.946. The van der Waals surface area contributed by atoms with Crippen molar-refractivity contribution in [2.75, 3.05) is 5.73 Å². The molecule has 0 aliphatic rings. The highest BCUT2D eigenvalue weighted by Gasteiger charge is 2.08. The van der Waals surface area contributed by atoms with Crippen LogP contribution in [0.2, 0.25) is 0 Å². The van der Waals surface area contributed by atoms with E-state index in [0.717, 1.165) is 12.2 Å². The minimum Gasteiger partial charge on any atom is -0.366 e. The summed E-state index contributed by atoms with van der Waals surface area (Å²) < 4.78 is 0. The minimum atomic E-state index is 0.192. The molecule has 2 aromatic heterocycles. The predicted molar refractivity (Wildman–Crippen MR) is 45.5 cm³/mol. The Morgan fingerprint density at radius 1 is 1.23 bits per heavy atom. The molecule has 7 heteroatoms. The highest BCUT2D eigenvalue weighted by molar-refractivity contribution is 5.43. The summed E-state index contributed by atoms with van der Waals surface area (Å²) in [6.45, 7) is 1.99. The largest absolute Gasteiger partial charge is 0.366 e. The van der Waals surface area contributed by atoms with Crippen LogP contribution in [-0.2, 0) is 6.42 Å². The third kappa shape index (κ3) is 1.35. The van der Waals surface area contributed by atoms with E-state index in [4.69, 9.17) is 5.73 Å². The molecular weight excluding hydrogens is 170 g/mol. The van der Waals surface area contributed by atoms with Crippen LogP contribution < -0.4 is 5.73 Å². The number of hydrogen-bond acceptors (Lipinski definition) is 5. The number of nitrogens with one attached hydrogen (secondary N) is 2. The van der Waals surface area contributed by atoms with E-state index in [1.807, 2.05) is 6.92 Å². The Hall–Kier alpha value is -1.92. The number of rotatable bonds is 2. The third-order valence-corrected chi connectivity index (χ3v) is 1.58. The first kappa shape index (κ1) is 7.71. The Morgan fingerprint density at radius 2 is 2.08 bits per heavy atom. The molecule has 2 heterocycles. The first-order valence-corrected chi connectivity index (χ1v) is 3.89. The monoisotopic (exact) mass is 179 g/mol. The van der Waals surface area contributed by atoms with Crippen LogP contribution in [0, 0.1) is 0 Å². The first-order valence-electron chi connectivity index (χ1n) is 3.89. The third-order valence-electron chi connectivity index (χ3n) is 1.58. The second-order valence-corrected chi connectivity index (χ2v) is 2.50. The fourth-order valence-electron chi connectivity index (χ4n) is 0.934. The molecule has 0 aliphatic heterocycles. The zero-order chi connectivity index (χ0) is 9.26. The van der Waals surface area contributed by atoms with Crippen LogP contribution in [0.5, 0.6) is 0 Å². The quantitative estimate of drug-likeness (QED) is 0.588. The molecule has 0 aliphatic carbocycles. The smallest absolute Gasteiger partial charge is 0.239 e. The average Bonchev–Trinajstić information content (AvgIpc) is 2.71. The van der Waals surface area contributed by atoms with Crippen molar-refractivity contribution in [3.8, 4) is 11.6 Å². The Morgan fingerprint density at radius 3 is 2.62 bits per heavy atom. The molecule has 7 nitrogen and oxygen atoms in total. The molecule has 2 rings (SSSR count). The summed E-state index contributed by atoms with van der Waals surface area (Å²) in [7, 11) is 0. The van der Waals surface area contributed by atoms with Gasteiger partial charge in [0.15, 0.2) is 5.82 Å². The van der Waals surface area contributed by atoms with Crippen molar-refractivity contribution in [3.63, 3.8) is 0 Å². The van der Waals surface area contributed by atoms with Crippen LogP contribution in [0.3, 0.4) is 0 Å². The van der Waals surface area contributed by atoms with Gasteiger partial charge < -0.3 is 5.73 Å². The van der Waals surface area contributed by atoms with Gasteiger partial charge in [-0.2, -0.15) is 4.98 Å². The fourth-order valence-corrected chi connectivity index (χ4v) is 0.934. The van der Waals surface area contributed by atoms with Gasteiger partial charge in [0.25, 0.3) is 0 Å². The number of nitrogen functional groups attached to an aromatic ring is 1. The Kier molecular flexibility index (Phi) is 1.69. The number of anilines is 1. The SMILES string of the molecule is CCc1nc(-c2nc(N)n[nH]2)n[nH]1. The number of aryl methyl sites for hydroxylation is 1. The van der Waals surface area contributed by atoms with Gasteiger partial charge in [-0.3, -0.25) is 10.2 Å². The van der Waals surface area contributed by atoms with Crippen LogP contribution in [0.1, 0.15) is 12.7 Å². The summed E-state index contributed by atoms with van der Waals surface area (Å²) in [5, 5.41) is 13.0. The van der Waals surface area contributed by atoms with Crippen molar-refractivity contribution in [2.45, 2.75) is 13.3 Å². The molecular formula is C6H9N7. The molecule has 0 aromatic carbocycles. The predicted octanol–water partition coefficient (Wildman–Crippen LogP) is -0.266. The van der Waals surface area contributed by atoms with E-state index in [1.54, 1.807) is 0 Å². The van der Waals surface area contributed by atoms with E-state index >= 15 is 0 Å². The molecule has 0 radical (unpaired) electrons. The van der Waals surface area contributed by atoms with Crippen LogP contribution in [0.4, 0.5) is 5.95 Å². The molecule has 13 heavy (non-hydrogen) atoms. The van der Waals surface area contributed by atoms with E-state index in [-0.39, 0.29) is 5.95 Å². The molecule has 0 bridgehead atoms. The lowest BCUT2D eigenvalue weighted by atomic mass is 10.5.